The fraction of sp³-hybridized carbons (Fsp3) is 0.100. The van der Waals surface area contributed by atoms with E-state index in [4.69, 9.17) is 9.26 Å². The number of nitrogens with zero attached hydrogens (tertiary/aromatic N) is 4. The highest BCUT2D eigenvalue weighted by molar-refractivity contribution is 7.98. The van der Waals surface area contributed by atoms with Gasteiger partial charge in [-0.1, -0.05) is 41.2 Å². The Morgan fingerprint density at radius 2 is 1.93 bits per heavy atom. The van der Waals surface area contributed by atoms with Gasteiger partial charge in [-0.3, -0.25) is 0 Å². The van der Waals surface area contributed by atoms with Crippen molar-refractivity contribution in [3.63, 3.8) is 0 Å². The molecule has 4 aromatic rings. The monoisotopic (exact) mass is 394 g/mol. The number of halogens is 1. The van der Waals surface area contributed by atoms with Crippen LogP contribution in [0.4, 0.5) is 4.39 Å². The zero-order chi connectivity index (χ0) is 19.3. The van der Waals surface area contributed by atoms with Crippen molar-refractivity contribution in [3.8, 4) is 28.4 Å². The summed E-state index contributed by atoms with van der Waals surface area (Å²) in [7, 11) is 1.61. The standard InChI is InChI=1S/C20H15FN4O2S/c1-26-14-6-4-5-13(11-14)20-22-18(27-25-20)12-28-19-10-9-17(23-24-19)15-7-2-3-8-16(15)21/h2-11H,12H2,1H3. The fourth-order valence-electron chi connectivity index (χ4n) is 2.54. The van der Waals surface area contributed by atoms with E-state index < -0.39 is 0 Å². The molecular weight excluding hydrogens is 379 g/mol. The van der Waals surface area contributed by atoms with Gasteiger partial charge in [-0.15, -0.1) is 10.2 Å². The molecule has 0 saturated carbocycles. The van der Waals surface area contributed by atoms with E-state index in [0.29, 0.717) is 33.8 Å². The van der Waals surface area contributed by atoms with Gasteiger partial charge in [0.05, 0.1) is 18.6 Å². The lowest BCUT2D eigenvalue weighted by molar-refractivity contribution is 0.391. The quantitative estimate of drug-likeness (QED) is 0.441. The second kappa shape index (κ2) is 8.18. The number of methoxy groups -OCH3 is 1. The maximum atomic E-state index is 13.8. The summed E-state index contributed by atoms with van der Waals surface area (Å²) >= 11 is 1.41. The van der Waals surface area contributed by atoms with Gasteiger partial charge in [0, 0.05) is 11.1 Å². The molecular formula is C20H15FN4O2S. The van der Waals surface area contributed by atoms with Crippen LogP contribution in [0.1, 0.15) is 5.89 Å². The van der Waals surface area contributed by atoms with Crippen LogP contribution in [0.25, 0.3) is 22.6 Å². The third-order valence-corrected chi connectivity index (χ3v) is 4.83. The van der Waals surface area contributed by atoms with Crippen molar-refractivity contribution in [2.24, 2.45) is 0 Å². The van der Waals surface area contributed by atoms with E-state index in [-0.39, 0.29) is 5.82 Å². The average Bonchev–Trinajstić information content (AvgIpc) is 3.22. The minimum Gasteiger partial charge on any atom is -0.497 e. The van der Waals surface area contributed by atoms with E-state index in [1.165, 1.54) is 17.8 Å². The van der Waals surface area contributed by atoms with Crippen molar-refractivity contribution in [2.45, 2.75) is 10.8 Å². The van der Waals surface area contributed by atoms with Crippen LogP contribution in [0.15, 0.2) is 70.2 Å². The zero-order valence-electron chi connectivity index (χ0n) is 14.9. The molecule has 0 spiro atoms. The van der Waals surface area contributed by atoms with Gasteiger partial charge in [0.15, 0.2) is 0 Å². The fourth-order valence-corrected chi connectivity index (χ4v) is 3.19. The Labute approximate surface area is 164 Å². The van der Waals surface area contributed by atoms with E-state index in [1.807, 2.05) is 24.3 Å². The lowest BCUT2D eigenvalue weighted by atomic mass is 10.1. The van der Waals surface area contributed by atoms with E-state index in [2.05, 4.69) is 20.3 Å². The first-order chi connectivity index (χ1) is 13.7. The van der Waals surface area contributed by atoms with Crippen LogP contribution >= 0.6 is 11.8 Å². The van der Waals surface area contributed by atoms with Crippen molar-refractivity contribution in [2.75, 3.05) is 7.11 Å². The van der Waals surface area contributed by atoms with Crippen LogP contribution in [-0.2, 0) is 5.75 Å². The summed E-state index contributed by atoms with van der Waals surface area (Å²) in [5, 5.41) is 12.9. The molecule has 6 nitrogen and oxygen atoms in total. The van der Waals surface area contributed by atoms with Gasteiger partial charge >= 0.3 is 0 Å². The molecule has 0 atom stereocenters. The zero-order valence-corrected chi connectivity index (χ0v) is 15.7. The number of hydrogen-bond donors (Lipinski definition) is 0. The van der Waals surface area contributed by atoms with Crippen LogP contribution in [0, 0.1) is 5.82 Å². The highest BCUT2D eigenvalue weighted by Gasteiger charge is 2.11. The Kier molecular flexibility index (Phi) is 5.29. The van der Waals surface area contributed by atoms with Gasteiger partial charge in [-0.2, -0.15) is 4.98 Å². The van der Waals surface area contributed by atoms with Crippen LogP contribution in [0.5, 0.6) is 5.75 Å². The molecule has 2 aromatic carbocycles. The minimum absolute atomic E-state index is 0.326. The molecule has 0 aliphatic carbocycles. The molecule has 2 aromatic heterocycles. The van der Waals surface area contributed by atoms with Crippen LogP contribution in [-0.4, -0.2) is 27.4 Å². The Hall–Kier alpha value is -3.26. The van der Waals surface area contributed by atoms with Crippen LogP contribution in [0.3, 0.4) is 0 Å². The van der Waals surface area contributed by atoms with Crippen LogP contribution < -0.4 is 4.74 Å². The first-order valence-electron chi connectivity index (χ1n) is 8.41. The summed E-state index contributed by atoms with van der Waals surface area (Å²) in [6.07, 6.45) is 0. The SMILES string of the molecule is COc1cccc(-c2noc(CSc3ccc(-c4ccccc4F)nn3)n2)c1. The second-order valence-electron chi connectivity index (χ2n) is 5.77. The topological polar surface area (TPSA) is 73.9 Å². The Balaban J connectivity index is 1.42. The van der Waals surface area contributed by atoms with Gasteiger partial charge in [0.1, 0.15) is 16.6 Å². The Morgan fingerprint density at radius 3 is 2.71 bits per heavy atom. The van der Waals surface area contributed by atoms with Crippen molar-refractivity contribution in [3.05, 3.63) is 72.4 Å². The maximum absolute atomic E-state index is 13.8. The van der Waals surface area contributed by atoms with Gasteiger partial charge in [0.2, 0.25) is 11.7 Å². The minimum atomic E-state index is -0.326. The van der Waals surface area contributed by atoms with Crippen LogP contribution in [0.2, 0.25) is 0 Å². The highest BCUT2D eigenvalue weighted by Crippen LogP contribution is 2.25. The van der Waals surface area contributed by atoms with E-state index in [1.54, 1.807) is 37.4 Å². The summed E-state index contributed by atoms with van der Waals surface area (Å²) in [5.74, 6) is 1.82. The molecule has 8 heteroatoms. The van der Waals surface area contributed by atoms with E-state index in [9.17, 15) is 4.39 Å². The summed E-state index contributed by atoms with van der Waals surface area (Å²) < 4.78 is 24.3. The second-order valence-corrected chi connectivity index (χ2v) is 6.76. The van der Waals surface area contributed by atoms with Crippen molar-refractivity contribution >= 4 is 11.8 Å². The number of rotatable bonds is 6. The Bertz CT molecular complexity index is 1090. The maximum Gasteiger partial charge on any atom is 0.237 e. The third kappa shape index (κ3) is 4.01. The molecule has 0 saturated heterocycles. The van der Waals surface area contributed by atoms with Crippen molar-refractivity contribution in [1.82, 2.24) is 20.3 Å². The molecule has 0 unspecified atom stereocenters. The molecule has 28 heavy (non-hydrogen) atoms. The average molecular weight is 394 g/mol. The first kappa shape index (κ1) is 18.1. The molecule has 0 radical (unpaired) electrons. The first-order valence-corrected chi connectivity index (χ1v) is 9.40. The number of ether oxygens (including phenoxy) is 1. The smallest absolute Gasteiger partial charge is 0.237 e. The summed E-state index contributed by atoms with van der Waals surface area (Å²) in [6.45, 7) is 0. The largest absolute Gasteiger partial charge is 0.497 e. The van der Waals surface area contributed by atoms with Crippen molar-refractivity contribution in [1.29, 1.82) is 0 Å². The normalized spacial score (nSPS) is 10.8. The summed E-state index contributed by atoms with van der Waals surface area (Å²) in [5.41, 5.74) is 1.72. The third-order valence-electron chi connectivity index (χ3n) is 3.93. The molecule has 140 valence electrons. The van der Waals surface area contributed by atoms with E-state index in [0.717, 1.165) is 11.3 Å². The molecule has 4 rings (SSSR count). The van der Waals surface area contributed by atoms with Gasteiger partial charge in [-0.05, 0) is 36.4 Å². The number of benzene rings is 2. The molecule has 2 heterocycles. The lowest BCUT2D eigenvalue weighted by Crippen LogP contribution is -1.92. The number of thioether (sulfide) groups is 1. The molecule has 0 aliphatic rings. The lowest BCUT2D eigenvalue weighted by Gasteiger charge is -2.02. The van der Waals surface area contributed by atoms with E-state index >= 15 is 0 Å². The number of aromatic nitrogens is 4. The molecule has 0 N–H and O–H groups in total. The number of hydrogen-bond acceptors (Lipinski definition) is 7. The molecule has 0 amide bonds. The Morgan fingerprint density at radius 1 is 1.04 bits per heavy atom. The van der Waals surface area contributed by atoms with Gasteiger partial charge < -0.3 is 9.26 Å². The van der Waals surface area contributed by atoms with Gasteiger partial charge in [0.25, 0.3) is 0 Å². The predicted octanol–water partition coefficient (Wildman–Crippen LogP) is 4.63. The summed E-state index contributed by atoms with van der Waals surface area (Å²) in [4.78, 5) is 4.40. The van der Waals surface area contributed by atoms with Gasteiger partial charge in [-0.25, -0.2) is 4.39 Å². The molecule has 0 fully saturated rings. The predicted molar refractivity (Wildman–Crippen MR) is 103 cm³/mol. The molecule has 0 aliphatic heterocycles. The molecule has 0 bridgehead atoms. The summed E-state index contributed by atoms with van der Waals surface area (Å²) in [6, 6.07) is 17.4. The highest BCUT2D eigenvalue weighted by atomic mass is 32.2. The van der Waals surface area contributed by atoms with Crippen molar-refractivity contribution < 1.29 is 13.7 Å².